The van der Waals surface area contributed by atoms with Crippen LogP contribution in [-0.2, 0) is 5.75 Å². The predicted molar refractivity (Wildman–Crippen MR) is 84.7 cm³/mol. The molecule has 0 aliphatic carbocycles. The molecule has 0 aliphatic rings. The highest BCUT2D eigenvalue weighted by molar-refractivity contribution is 7.98. The van der Waals surface area contributed by atoms with Gasteiger partial charge in [-0.2, -0.15) is 4.98 Å². The van der Waals surface area contributed by atoms with Gasteiger partial charge < -0.3 is 0 Å². The summed E-state index contributed by atoms with van der Waals surface area (Å²) in [6.45, 7) is 4.04. The Morgan fingerprint density at radius 1 is 1.05 bits per heavy atom. The van der Waals surface area contributed by atoms with Gasteiger partial charge in [-0.05, 0) is 37.1 Å². The average molecular weight is 297 g/mol. The summed E-state index contributed by atoms with van der Waals surface area (Å²) in [6.07, 6.45) is 1.71. The standard InChI is InChI=1S/C16H15N3OS/c1-11-3-5-13(6-4-11)10-21-15-17-14-9-12(2)7-8-19(14)16(20)18-15/h3-9H,10H2,1-2H3. The van der Waals surface area contributed by atoms with Crippen LogP contribution in [0.25, 0.3) is 5.65 Å². The lowest BCUT2D eigenvalue weighted by atomic mass is 10.2. The highest BCUT2D eigenvalue weighted by Gasteiger charge is 2.05. The Bertz CT molecular complexity index is 840. The first-order valence-electron chi connectivity index (χ1n) is 6.67. The Morgan fingerprint density at radius 2 is 1.81 bits per heavy atom. The van der Waals surface area contributed by atoms with Gasteiger partial charge in [0.1, 0.15) is 5.65 Å². The van der Waals surface area contributed by atoms with E-state index in [9.17, 15) is 4.79 Å². The highest BCUT2D eigenvalue weighted by atomic mass is 32.2. The van der Waals surface area contributed by atoms with E-state index in [0.717, 1.165) is 11.3 Å². The average Bonchev–Trinajstić information content (AvgIpc) is 2.46. The van der Waals surface area contributed by atoms with Gasteiger partial charge >= 0.3 is 5.69 Å². The van der Waals surface area contributed by atoms with E-state index in [4.69, 9.17) is 0 Å². The molecule has 0 N–H and O–H groups in total. The molecule has 0 amide bonds. The SMILES string of the molecule is Cc1ccc(CSc2nc(=O)n3ccc(C)cc3n2)cc1. The van der Waals surface area contributed by atoms with Crippen LogP contribution in [0.2, 0.25) is 0 Å². The largest absolute Gasteiger partial charge is 0.355 e. The highest BCUT2D eigenvalue weighted by Crippen LogP contribution is 2.19. The second kappa shape index (κ2) is 5.69. The molecule has 0 spiro atoms. The van der Waals surface area contributed by atoms with Crippen molar-refractivity contribution in [1.29, 1.82) is 0 Å². The number of hydrogen-bond acceptors (Lipinski definition) is 4. The molecule has 2 heterocycles. The van der Waals surface area contributed by atoms with Gasteiger partial charge in [0.05, 0.1) is 0 Å². The molecule has 0 bridgehead atoms. The zero-order valence-corrected chi connectivity index (χ0v) is 12.7. The molecule has 0 aliphatic heterocycles. The molecule has 3 aromatic rings. The van der Waals surface area contributed by atoms with Crippen LogP contribution >= 0.6 is 11.8 Å². The number of thioether (sulfide) groups is 1. The smallest absolute Gasteiger partial charge is 0.251 e. The molecule has 0 atom stereocenters. The maximum atomic E-state index is 12.0. The molecule has 0 unspecified atom stereocenters. The van der Waals surface area contributed by atoms with Crippen molar-refractivity contribution in [2.45, 2.75) is 24.8 Å². The second-order valence-electron chi connectivity index (χ2n) is 5.00. The van der Waals surface area contributed by atoms with Crippen molar-refractivity contribution in [3.05, 3.63) is 69.8 Å². The van der Waals surface area contributed by atoms with Crippen molar-refractivity contribution in [3.8, 4) is 0 Å². The van der Waals surface area contributed by atoms with Crippen molar-refractivity contribution < 1.29 is 0 Å². The number of aromatic nitrogens is 3. The molecule has 0 saturated carbocycles. The van der Waals surface area contributed by atoms with Crippen LogP contribution in [0.4, 0.5) is 0 Å². The van der Waals surface area contributed by atoms with Crippen molar-refractivity contribution in [2.75, 3.05) is 0 Å². The van der Waals surface area contributed by atoms with Crippen molar-refractivity contribution in [3.63, 3.8) is 0 Å². The summed E-state index contributed by atoms with van der Waals surface area (Å²) < 4.78 is 1.46. The Morgan fingerprint density at radius 3 is 2.57 bits per heavy atom. The number of nitrogens with zero attached hydrogens (tertiary/aromatic N) is 3. The number of fused-ring (bicyclic) bond motifs is 1. The van der Waals surface area contributed by atoms with E-state index in [0.29, 0.717) is 10.8 Å². The molecule has 0 saturated heterocycles. The first-order chi connectivity index (χ1) is 10.1. The van der Waals surface area contributed by atoms with Crippen LogP contribution in [0.15, 0.2) is 52.5 Å². The van der Waals surface area contributed by atoms with E-state index in [2.05, 4.69) is 41.2 Å². The molecule has 5 heteroatoms. The normalized spacial score (nSPS) is 11.0. The lowest BCUT2D eigenvalue weighted by Crippen LogP contribution is -2.19. The summed E-state index contributed by atoms with van der Waals surface area (Å²) in [4.78, 5) is 20.4. The first-order valence-corrected chi connectivity index (χ1v) is 7.66. The van der Waals surface area contributed by atoms with Crippen LogP contribution in [0.3, 0.4) is 0 Å². The van der Waals surface area contributed by atoms with Gasteiger partial charge in [0.25, 0.3) is 0 Å². The Hall–Kier alpha value is -2.14. The Labute approximate surface area is 126 Å². The topological polar surface area (TPSA) is 47.3 Å². The minimum absolute atomic E-state index is 0.286. The third-order valence-corrected chi connectivity index (χ3v) is 4.10. The second-order valence-corrected chi connectivity index (χ2v) is 5.94. The summed E-state index contributed by atoms with van der Waals surface area (Å²) >= 11 is 1.48. The van der Waals surface area contributed by atoms with Crippen LogP contribution in [-0.4, -0.2) is 14.4 Å². The molecule has 3 rings (SSSR count). The number of rotatable bonds is 3. The van der Waals surface area contributed by atoms with E-state index >= 15 is 0 Å². The van der Waals surface area contributed by atoms with Crippen LogP contribution in [0.1, 0.15) is 16.7 Å². The fourth-order valence-electron chi connectivity index (χ4n) is 1.99. The van der Waals surface area contributed by atoms with Gasteiger partial charge in [-0.3, -0.25) is 4.40 Å². The molecular formula is C16H15N3OS. The van der Waals surface area contributed by atoms with E-state index in [1.807, 2.05) is 19.1 Å². The van der Waals surface area contributed by atoms with Crippen LogP contribution in [0, 0.1) is 13.8 Å². The van der Waals surface area contributed by atoms with Gasteiger partial charge in [-0.25, -0.2) is 9.78 Å². The van der Waals surface area contributed by atoms with E-state index in [1.165, 1.54) is 27.3 Å². The lowest BCUT2D eigenvalue weighted by Gasteiger charge is -2.04. The van der Waals surface area contributed by atoms with Crippen LogP contribution < -0.4 is 5.69 Å². The summed E-state index contributed by atoms with van der Waals surface area (Å²) in [5.74, 6) is 0.752. The minimum atomic E-state index is -0.286. The number of benzene rings is 1. The third kappa shape index (κ3) is 3.13. The summed E-state index contributed by atoms with van der Waals surface area (Å²) in [5.41, 5.74) is 3.86. The monoisotopic (exact) mass is 297 g/mol. The fraction of sp³-hybridized carbons (Fsp3) is 0.188. The fourth-order valence-corrected chi connectivity index (χ4v) is 2.78. The zero-order chi connectivity index (χ0) is 14.8. The lowest BCUT2D eigenvalue weighted by molar-refractivity contribution is 0.845. The molecule has 1 aromatic carbocycles. The van der Waals surface area contributed by atoms with Crippen molar-refractivity contribution in [2.24, 2.45) is 0 Å². The summed E-state index contributed by atoms with van der Waals surface area (Å²) in [6, 6.07) is 12.1. The molecule has 2 aromatic heterocycles. The van der Waals surface area contributed by atoms with E-state index in [-0.39, 0.29) is 5.69 Å². The van der Waals surface area contributed by atoms with Crippen molar-refractivity contribution >= 4 is 17.4 Å². The Balaban J connectivity index is 1.87. The molecule has 4 nitrogen and oxygen atoms in total. The minimum Gasteiger partial charge on any atom is -0.251 e. The quantitative estimate of drug-likeness (QED) is 0.697. The number of aryl methyl sites for hydroxylation is 2. The van der Waals surface area contributed by atoms with E-state index in [1.54, 1.807) is 6.20 Å². The molecular weight excluding hydrogens is 282 g/mol. The maximum Gasteiger partial charge on any atom is 0.355 e. The van der Waals surface area contributed by atoms with Gasteiger partial charge in [0.15, 0.2) is 5.16 Å². The molecule has 21 heavy (non-hydrogen) atoms. The Kier molecular flexibility index (Phi) is 3.75. The molecule has 0 fully saturated rings. The first kappa shape index (κ1) is 13.8. The summed E-state index contributed by atoms with van der Waals surface area (Å²) in [5, 5.41) is 0.520. The maximum absolute atomic E-state index is 12.0. The third-order valence-electron chi connectivity index (χ3n) is 3.19. The van der Waals surface area contributed by atoms with Crippen LogP contribution in [0.5, 0.6) is 0 Å². The van der Waals surface area contributed by atoms with Gasteiger partial charge in [-0.15, -0.1) is 0 Å². The molecule has 106 valence electrons. The van der Waals surface area contributed by atoms with Gasteiger partial charge in [0, 0.05) is 11.9 Å². The van der Waals surface area contributed by atoms with Gasteiger partial charge in [-0.1, -0.05) is 41.6 Å². The van der Waals surface area contributed by atoms with Gasteiger partial charge in [0.2, 0.25) is 0 Å². The predicted octanol–water partition coefficient (Wildman–Crippen LogP) is 3.00. The summed E-state index contributed by atoms with van der Waals surface area (Å²) in [7, 11) is 0. The van der Waals surface area contributed by atoms with Crippen molar-refractivity contribution in [1.82, 2.24) is 14.4 Å². The zero-order valence-electron chi connectivity index (χ0n) is 11.9. The number of pyridine rings is 1. The number of hydrogen-bond donors (Lipinski definition) is 0. The van der Waals surface area contributed by atoms with E-state index < -0.39 is 0 Å². The molecule has 0 radical (unpaired) electrons.